The van der Waals surface area contributed by atoms with Crippen LogP contribution in [0.5, 0.6) is 5.75 Å². The summed E-state index contributed by atoms with van der Waals surface area (Å²) in [5.74, 6) is 1.90. The molecule has 1 aliphatic heterocycles. The number of para-hydroxylation sites is 1. The Hall–Kier alpha value is -0.480. The predicted octanol–water partition coefficient (Wildman–Crippen LogP) is 6.52. The Morgan fingerprint density at radius 1 is 1.21 bits per heavy atom. The number of nitriles is 1. The molecule has 0 amide bonds. The first-order valence-corrected chi connectivity index (χ1v) is 13.3. The highest BCUT2D eigenvalue weighted by Gasteiger charge is 2.41. The van der Waals surface area contributed by atoms with Gasteiger partial charge in [0.25, 0.3) is 8.53 Å². The maximum absolute atomic E-state index is 8.72. The largest absolute Gasteiger partial charge is 0.497 e. The zero-order valence-electron chi connectivity index (χ0n) is 18.6. The maximum Gasteiger partial charge on any atom is 0.259 e. The number of hydrogen-bond acceptors (Lipinski definition) is 7. The van der Waals surface area contributed by atoms with Crippen LogP contribution in [0.4, 0.5) is 0 Å². The van der Waals surface area contributed by atoms with Crippen molar-refractivity contribution in [3.05, 3.63) is 30.3 Å². The maximum atomic E-state index is 8.72. The molecule has 29 heavy (non-hydrogen) atoms. The lowest BCUT2D eigenvalue weighted by atomic mass is 10.1. The average Bonchev–Trinajstić information content (AvgIpc) is 3.00. The summed E-state index contributed by atoms with van der Waals surface area (Å²) in [4.78, 5) is 0. The number of hydrogen-bond donors (Lipinski definition) is 0. The van der Waals surface area contributed by atoms with Crippen molar-refractivity contribution in [3.8, 4) is 11.8 Å². The number of methoxy groups -OCH3 is 1. The van der Waals surface area contributed by atoms with E-state index in [9.17, 15) is 0 Å². The fourth-order valence-electron chi connectivity index (χ4n) is 2.62. The molecule has 1 saturated heterocycles. The van der Waals surface area contributed by atoms with E-state index >= 15 is 0 Å². The molecule has 1 aromatic rings. The molecule has 0 N–H and O–H groups in total. The summed E-state index contributed by atoms with van der Waals surface area (Å²) in [6, 6.07) is 12.5. The van der Waals surface area contributed by atoms with Gasteiger partial charge in [0.05, 0.1) is 32.3 Å². The number of benzene rings is 1. The standard InChI is InChI=1S/C14H27N2O2PS2.C7H8O/c1-11(2)16(12(3)4)19(17-9-7-8-15)18-13-10-20-21-14(13,5)6;1-8-7-5-3-2-4-6-7/h11-13H,7,9-10H2,1-6H3;2-6H,1H3. The van der Waals surface area contributed by atoms with E-state index in [-0.39, 0.29) is 10.9 Å². The molecule has 1 aliphatic rings. The molecule has 0 aliphatic carbocycles. The minimum absolute atomic E-state index is 0.101. The van der Waals surface area contributed by atoms with Gasteiger partial charge in [0, 0.05) is 22.6 Å². The Bertz CT molecular complexity index is 604. The third-order valence-electron chi connectivity index (χ3n) is 4.13. The van der Waals surface area contributed by atoms with E-state index in [1.54, 1.807) is 7.11 Å². The van der Waals surface area contributed by atoms with E-state index in [0.29, 0.717) is 25.1 Å². The van der Waals surface area contributed by atoms with Crippen LogP contribution in [0.1, 0.15) is 48.0 Å². The molecule has 5 nitrogen and oxygen atoms in total. The van der Waals surface area contributed by atoms with Crippen molar-refractivity contribution in [3.63, 3.8) is 0 Å². The van der Waals surface area contributed by atoms with Gasteiger partial charge in [-0.25, -0.2) is 4.67 Å². The fourth-order valence-corrected chi connectivity index (χ4v) is 7.78. The zero-order valence-corrected chi connectivity index (χ0v) is 21.2. The van der Waals surface area contributed by atoms with Gasteiger partial charge in [-0.1, -0.05) is 39.8 Å². The molecular formula is C21H35N2O3PS2. The SMILES string of the molecule is CC(C)N(C(C)C)P(OCCC#N)OC1CSSC1(C)C.COc1ccccc1. The molecule has 164 valence electrons. The van der Waals surface area contributed by atoms with Gasteiger partial charge in [-0.05, 0) is 53.7 Å². The second kappa shape index (κ2) is 13.7. The quantitative estimate of drug-likeness (QED) is 0.237. The summed E-state index contributed by atoms with van der Waals surface area (Å²) in [5.41, 5.74) is 0. The van der Waals surface area contributed by atoms with Gasteiger partial charge in [0.15, 0.2) is 0 Å². The third kappa shape index (κ3) is 9.46. The molecule has 1 heterocycles. The fraction of sp³-hybridized carbons (Fsp3) is 0.667. The highest BCUT2D eigenvalue weighted by atomic mass is 33.1. The Morgan fingerprint density at radius 3 is 2.24 bits per heavy atom. The molecule has 0 radical (unpaired) electrons. The molecular weight excluding hydrogens is 423 g/mol. The first kappa shape index (κ1) is 26.6. The van der Waals surface area contributed by atoms with Crippen molar-refractivity contribution in [1.82, 2.24) is 4.67 Å². The lowest BCUT2D eigenvalue weighted by molar-refractivity contribution is 0.129. The number of rotatable bonds is 9. The zero-order chi connectivity index (χ0) is 21.9. The minimum atomic E-state index is -1.13. The minimum Gasteiger partial charge on any atom is -0.497 e. The molecule has 0 saturated carbocycles. The highest BCUT2D eigenvalue weighted by Crippen LogP contribution is 2.55. The molecule has 2 rings (SSSR count). The van der Waals surface area contributed by atoms with Crippen LogP contribution in [0.25, 0.3) is 0 Å². The Kier molecular flexibility index (Phi) is 12.6. The van der Waals surface area contributed by atoms with Crippen molar-refractivity contribution >= 4 is 30.1 Å². The summed E-state index contributed by atoms with van der Waals surface area (Å²) in [7, 11) is 4.28. The molecule has 2 atom stereocenters. The van der Waals surface area contributed by atoms with E-state index in [0.717, 1.165) is 11.5 Å². The first-order chi connectivity index (χ1) is 13.7. The Balaban J connectivity index is 0.000000436. The van der Waals surface area contributed by atoms with Gasteiger partial charge in [0.1, 0.15) is 5.75 Å². The van der Waals surface area contributed by atoms with E-state index < -0.39 is 8.53 Å². The van der Waals surface area contributed by atoms with Crippen molar-refractivity contribution in [2.75, 3.05) is 19.5 Å². The molecule has 0 spiro atoms. The van der Waals surface area contributed by atoms with Gasteiger partial charge in [0.2, 0.25) is 0 Å². The van der Waals surface area contributed by atoms with E-state index in [2.05, 4.69) is 52.3 Å². The molecule has 1 fully saturated rings. The van der Waals surface area contributed by atoms with Crippen molar-refractivity contribution < 1.29 is 13.8 Å². The lowest BCUT2D eigenvalue weighted by Crippen LogP contribution is -2.38. The molecule has 8 heteroatoms. The average molecular weight is 459 g/mol. The van der Waals surface area contributed by atoms with Crippen molar-refractivity contribution in [2.24, 2.45) is 0 Å². The van der Waals surface area contributed by atoms with Crippen LogP contribution in [0, 0.1) is 11.3 Å². The molecule has 0 bridgehead atoms. The highest BCUT2D eigenvalue weighted by molar-refractivity contribution is 8.77. The monoisotopic (exact) mass is 458 g/mol. The lowest BCUT2D eigenvalue weighted by Gasteiger charge is -2.38. The first-order valence-electron chi connectivity index (χ1n) is 9.87. The number of ether oxygens (including phenoxy) is 1. The van der Waals surface area contributed by atoms with E-state index in [4.69, 9.17) is 19.0 Å². The van der Waals surface area contributed by atoms with Crippen LogP contribution in [0.2, 0.25) is 0 Å². The molecule has 2 unspecified atom stereocenters. The van der Waals surface area contributed by atoms with E-state index in [1.807, 2.05) is 51.9 Å². The van der Waals surface area contributed by atoms with Gasteiger partial charge >= 0.3 is 0 Å². The van der Waals surface area contributed by atoms with Crippen molar-refractivity contribution in [2.45, 2.75) is 70.9 Å². The second-order valence-electron chi connectivity index (χ2n) is 7.63. The van der Waals surface area contributed by atoms with Gasteiger partial charge in [-0.3, -0.25) is 0 Å². The normalized spacial score (nSPS) is 19.0. The smallest absolute Gasteiger partial charge is 0.259 e. The van der Waals surface area contributed by atoms with Gasteiger partial charge in [-0.2, -0.15) is 5.26 Å². The van der Waals surface area contributed by atoms with Gasteiger partial charge in [-0.15, -0.1) is 0 Å². The van der Waals surface area contributed by atoms with Crippen LogP contribution in [0.15, 0.2) is 30.3 Å². The Labute approximate surface area is 186 Å². The third-order valence-corrected chi connectivity index (χ3v) is 9.57. The molecule has 0 aromatic heterocycles. The topological polar surface area (TPSA) is 54.7 Å². The predicted molar refractivity (Wildman–Crippen MR) is 127 cm³/mol. The van der Waals surface area contributed by atoms with Gasteiger partial charge < -0.3 is 13.8 Å². The van der Waals surface area contributed by atoms with Crippen molar-refractivity contribution in [1.29, 1.82) is 5.26 Å². The summed E-state index contributed by atoms with van der Waals surface area (Å²) >= 11 is 0. The van der Waals surface area contributed by atoms with Crippen LogP contribution in [-0.4, -0.2) is 47.1 Å². The summed E-state index contributed by atoms with van der Waals surface area (Å²) in [6.45, 7) is 13.5. The van der Waals surface area contributed by atoms with Crippen LogP contribution >= 0.6 is 30.1 Å². The summed E-state index contributed by atoms with van der Waals surface area (Å²) in [6.07, 6.45) is 0.588. The Morgan fingerprint density at radius 2 is 1.83 bits per heavy atom. The second-order valence-corrected chi connectivity index (χ2v) is 12.0. The molecule has 1 aromatic carbocycles. The van der Waals surface area contributed by atoms with Crippen LogP contribution in [0.3, 0.4) is 0 Å². The number of nitrogens with zero attached hydrogens (tertiary/aromatic N) is 2. The summed E-state index contributed by atoms with van der Waals surface area (Å²) < 4.78 is 19.6. The van der Waals surface area contributed by atoms with Crippen LogP contribution in [-0.2, 0) is 9.05 Å². The summed E-state index contributed by atoms with van der Waals surface area (Å²) in [5, 5.41) is 8.72. The van der Waals surface area contributed by atoms with E-state index in [1.165, 1.54) is 0 Å². The van der Waals surface area contributed by atoms with Crippen LogP contribution < -0.4 is 4.74 Å².